The van der Waals surface area contributed by atoms with E-state index in [-0.39, 0.29) is 23.4 Å². The number of likely N-dealkylation sites (N-methyl/N-ethyl adjacent to an activating group) is 1. The first kappa shape index (κ1) is 17.6. The van der Waals surface area contributed by atoms with Gasteiger partial charge in [-0.15, -0.1) is 0 Å². The number of hydrogen-bond acceptors (Lipinski definition) is 4. The highest BCUT2D eigenvalue weighted by Crippen LogP contribution is 2.18. The van der Waals surface area contributed by atoms with E-state index >= 15 is 0 Å². The molecule has 0 fully saturated rings. The summed E-state index contributed by atoms with van der Waals surface area (Å²) in [7, 11) is -2.20. The van der Waals surface area contributed by atoms with Gasteiger partial charge in [0.15, 0.2) is 0 Å². The van der Waals surface area contributed by atoms with E-state index < -0.39 is 10.0 Å². The molecule has 1 unspecified atom stereocenters. The van der Waals surface area contributed by atoms with Gasteiger partial charge in [0.05, 0.1) is 11.4 Å². The van der Waals surface area contributed by atoms with E-state index in [1.54, 1.807) is 12.1 Å². The van der Waals surface area contributed by atoms with Crippen molar-refractivity contribution in [2.75, 3.05) is 20.1 Å². The molecule has 1 rings (SSSR count). The molecule has 0 saturated heterocycles. The van der Waals surface area contributed by atoms with Gasteiger partial charge < -0.3 is 11.1 Å². The Labute approximate surface area is 126 Å². The van der Waals surface area contributed by atoms with Crippen molar-refractivity contribution in [3.8, 4) is 0 Å². The Morgan fingerprint density at radius 1 is 1.33 bits per heavy atom. The van der Waals surface area contributed by atoms with Gasteiger partial charge in [0.25, 0.3) is 0 Å². The molecular weight excluding hydrogens is 290 g/mol. The number of carbonyl (C=O) groups excluding carboxylic acids is 1. The molecule has 0 saturated carbocycles. The minimum atomic E-state index is -3.68. The molecule has 0 radical (unpaired) electrons. The molecule has 21 heavy (non-hydrogen) atoms. The number of nitrogens with one attached hydrogen (secondary N) is 1. The van der Waals surface area contributed by atoms with Crippen molar-refractivity contribution in [2.24, 2.45) is 5.73 Å². The van der Waals surface area contributed by atoms with E-state index in [4.69, 9.17) is 5.73 Å². The van der Waals surface area contributed by atoms with Crippen LogP contribution in [0.3, 0.4) is 0 Å². The SMILES string of the molecule is CCCN(CC(=O)NC)S(=O)(=O)c1ccc(C(C)N)cc1. The minimum absolute atomic E-state index is 0.153. The summed E-state index contributed by atoms with van der Waals surface area (Å²) in [6, 6.07) is 6.30. The van der Waals surface area contributed by atoms with Crippen LogP contribution >= 0.6 is 0 Å². The van der Waals surface area contributed by atoms with Crippen LogP contribution in [0, 0.1) is 0 Å². The molecule has 0 aliphatic carbocycles. The van der Waals surface area contributed by atoms with Crippen molar-refractivity contribution in [1.29, 1.82) is 0 Å². The van der Waals surface area contributed by atoms with Crippen LogP contribution in [0.25, 0.3) is 0 Å². The van der Waals surface area contributed by atoms with Gasteiger partial charge in [-0.2, -0.15) is 4.31 Å². The second-order valence-electron chi connectivity index (χ2n) is 4.87. The maximum absolute atomic E-state index is 12.6. The first-order valence-corrected chi connectivity index (χ1v) is 8.33. The number of sulfonamides is 1. The van der Waals surface area contributed by atoms with Crippen LogP contribution in [0.2, 0.25) is 0 Å². The van der Waals surface area contributed by atoms with Crippen LogP contribution < -0.4 is 11.1 Å². The van der Waals surface area contributed by atoms with E-state index in [9.17, 15) is 13.2 Å². The van der Waals surface area contributed by atoms with Gasteiger partial charge in [-0.05, 0) is 31.0 Å². The molecule has 1 aromatic carbocycles. The topological polar surface area (TPSA) is 92.5 Å². The molecule has 7 heteroatoms. The van der Waals surface area contributed by atoms with Crippen LogP contribution in [0.5, 0.6) is 0 Å². The van der Waals surface area contributed by atoms with Crippen molar-refractivity contribution < 1.29 is 13.2 Å². The third-order valence-electron chi connectivity index (χ3n) is 3.12. The highest BCUT2D eigenvalue weighted by atomic mass is 32.2. The van der Waals surface area contributed by atoms with Gasteiger partial charge in [0.2, 0.25) is 15.9 Å². The Hall–Kier alpha value is -1.44. The van der Waals surface area contributed by atoms with Gasteiger partial charge in [-0.1, -0.05) is 19.1 Å². The summed E-state index contributed by atoms with van der Waals surface area (Å²) in [6.45, 7) is 3.82. The molecular formula is C14H23N3O3S. The predicted octanol–water partition coefficient (Wildman–Crippen LogP) is 0.853. The van der Waals surface area contributed by atoms with Gasteiger partial charge in [0, 0.05) is 19.6 Å². The molecule has 0 spiro atoms. The van der Waals surface area contributed by atoms with Crippen molar-refractivity contribution in [3.63, 3.8) is 0 Å². The molecule has 0 aliphatic rings. The number of benzene rings is 1. The van der Waals surface area contributed by atoms with E-state index in [0.717, 1.165) is 5.56 Å². The van der Waals surface area contributed by atoms with Crippen LogP contribution in [0.1, 0.15) is 31.9 Å². The molecule has 1 aromatic rings. The fourth-order valence-electron chi connectivity index (χ4n) is 1.87. The average Bonchev–Trinajstić information content (AvgIpc) is 2.46. The summed E-state index contributed by atoms with van der Waals surface area (Å²) < 4.78 is 26.3. The minimum Gasteiger partial charge on any atom is -0.358 e. The summed E-state index contributed by atoms with van der Waals surface area (Å²) in [5.41, 5.74) is 6.61. The fourth-order valence-corrected chi connectivity index (χ4v) is 3.35. The van der Waals surface area contributed by atoms with Crippen LogP contribution in [0.15, 0.2) is 29.2 Å². The summed E-state index contributed by atoms with van der Waals surface area (Å²) in [6.07, 6.45) is 0.633. The molecule has 0 aliphatic heterocycles. The second-order valence-corrected chi connectivity index (χ2v) is 6.81. The summed E-state index contributed by atoms with van der Waals surface area (Å²) in [5, 5.41) is 2.44. The molecule has 0 bridgehead atoms. The largest absolute Gasteiger partial charge is 0.358 e. The lowest BCUT2D eigenvalue weighted by molar-refractivity contribution is -0.120. The molecule has 1 amide bonds. The Bertz CT molecular complexity index is 568. The fraction of sp³-hybridized carbons (Fsp3) is 0.500. The van der Waals surface area contributed by atoms with Gasteiger partial charge in [-0.25, -0.2) is 8.42 Å². The van der Waals surface area contributed by atoms with Gasteiger partial charge in [0.1, 0.15) is 0 Å². The Balaban J connectivity index is 3.07. The second kappa shape index (κ2) is 7.53. The van der Waals surface area contributed by atoms with E-state index in [0.29, 0.717) is 13.0 Å². The first-order chi connectivity index (χ1) is 9.82. The average molecular weight is 313 g/mol. The van der Waals surface area contributed by atoms with Crippen molar-refractivity contribution in [2.45, 2.75) is 31.2 Å². The molecule has 1 atom stereocenters. The van der Waals surface area contributed by atoms with Crippen LogP contribution in [-0.2, 0) is 14.8 Å². The zero-order valence-corrected chi connectivity index (χ0v) is 13.5. The van der Waals surface area contributed by atoms with Crippen molar-refractivity contribution in [1.82, 2.24) is 9.62 Å². The summed E-state index contributed by atoms with van der Waals surface area (Å²) in [4.78, 5) is 11.7. The summed E-state index contributed by atoms with van der Waals surface area (Å²) in [5.74, 6) is -0.334. The van der Waals surface area contributed by atoms with Gasteiger partial charge >= 0.3 is 0 Å². The highest BCUT2D eigenvalue weighted by molar-refractivity contribution is 7.89. The van der Waals surface area contributed by atoms with Crippen molar-refractivity contribution in [3.05, 3.63) is 29.8 Å². The molecule has 0 heterocycles. The van der Waals surface area contributed by atoms with E-state index in [1.165, 1.54) is 23.5 Å². The predicted molar refractivity (Wildman–Crippen MR) is 82.2 cm³/mol. The lowest BCUT2D eigenvalue weighted by Gasteiger charge is -2.21. The normalized spacial score (nSPS) is 13.2. The lowest BCUT2D eigenvalue weighted by Crippen LogP contribution is -2.40. The number of carbonyl (C=O) groups is 1. The molecule has 6 nitrogen and oxygen atoms in total. The standard InChI is InChI=1S/C14H23N3O3S/c1-4-9-17(10-14(18)16-3)21(19,20)13-7-5-12(6-8-13)11(2)15/h5-8,11H,4,9-10,15H2,1-3H3,(H,16,18). The Morgan fingerprint density at radius 2 is 1.90 bits per heavy atom. The highest BCUT2D eigenvalue weighted by Gasteiger charge is 2.25. The Morgan fingerprint density at radius 3 is 2.33 bits per heavy atom. The quantitative estimate of drug-likeness (QED) is 0.780. The lowest BCUT2D eigenvalue weighted by atomic mass is 10.1. The third-order valence-corrected chi connectivity index (χ3v) is 4.97. The Kier molecular flexibility index (Phi) is 6.32. The number of nitrogens with two attached hydrogens (primary N) is 1. The van der Waals surface area contributed by atoms with Gasteiger partial charge in [-0.3, -0.25) is 4.79 Å². The number of amides is 1. The van der Waals surface area contributed by atoms with Crippen molar-refractivity contribution >= 4 is 15.9 Å². The third kappa shape index (κ3) is 4.52. The number of rotatable bonds is 7. The van der Waals surface area contributed by atoms with Crippen LogP contribution in [0.4, 0.5) is 0 Å². The maximum Gasteiger partial charge on any atom is 0.243 e. The monoisotopic (exact) mass is 313 g/mol. The zero-order valence-electron chi connectivity index (χ0n) is 12.7. The smallest absolute Gasteiger partial charge is 0.243 e. The molecule has 118 valence electrons. The molecule has 0 aromatic heterocycles. The van der Waals surface area contributed by atoms with E-state index in [1.807, 2.05) is 13.8 Å². The van der Waals surface area contributed by atoms with E-state index in [2.05, 4.69) is 5.32 Å². The molecule has 3 N–H and O–H groups in total. The first-order valence-electron chi connectivity index (χ1n) is 6.89. The summed E-state index contributed by atoms with van der Waals surface area (Å²) >= 11 is 0. The number of hydrogen-bond donors (Lipinski definition) is 2. The van der Waals surface area contributed by atoms with Crippen LogP contribution in [-0.4, -0.2) is 38.8 Å². The zero-order chi connectivity index (χ0) is 16.0. The maximum atomic E-state index is 12.6. The number of nitrogens with zero attached hydrogens (tertiary/aromatic N) is 1.